The van der Waals surface area contributed by atoms with E-state index in [1.54, 1.807) is 0 Å². The minimum absolute atomic E-state index is 0.304. The third-order valence-corrected chi connectivity index (χ3v) is 3.84. The normalized spacial score (nSPS) is 22.9. The Balaban J connectivity index is 1.82. The van der Waals surface area contributed by atoms with E-state index in [1.807, 2.05) is 0 Å². The maximum absolute atomic E-state index is 5.74. The molecule has 1 aromatic carbocycles. The van der Waals surface area contributed by atoms with Crippen molar-refractivity contribution in [2.45, 2.75) is 19.1 Å². The van der Waals surface area contributed by atoms with E-state index in [0.29, 0.717) is 12.1 Å². The smallest absolute Gasteiger partial charge is 0.0826 e. The first kappa shape index (κ1) is 14.0. The molecule has 2 unspecified atom stereocenters. The molecule has 1 fully saturated rings. The fourth-order valence-corrected chi connectivity index (χ4v) is 2.61. The number of halogens is 1. The number of rotatable bonds is 4. The van der Waals surface area contributed by atoms with E-state index in [9.17, 15) is 0 Å². The van der Waals surface area contributed by atoms with Gasteiger partial charge in [-0.1, -0.05) is 28.1 Å². The molecule has 0 amide bonds. The van der Waals surface area contributed by atoms with Crippen LogP contribution in [0.2, 0.25) is 0 Å². The van der Waals surface area contributed by atoms with Crippen LogP contribution in [0.4, 0.5) is 0 Å². The minimum atomic E-state index is 0.304. The molecule has 0 bridgehead atoms. The van der Waals surface area contributed by atoms with Gasteiger partial charge in [0.25, 0.3) is 0 Å². The van der Waals surface area contributed by atoms with Crippen molar-refractivity contribution < 1.29 is 4.74 Å². The Kier molecular flexibility index (Phi) is 5.18. The van der Waals surface area contributed by atoms with Gasteiger partial charge in [0.15, 0.2) is 0 Å². The van der Waals surface area contributed by atoms with Gasteiger partial charge in [-0.15, -0.1) is 0 Å². The Morgan fingerprint density at radius 1 is 1.56 bits per heavy atom. The van der Waals surface area contributed by atoms with E-state index < -0.39 is 0 Å². The predicted molar refractivity (Wildman–Crippen MR) is 77.8 cm³/mol. The number of nitrogens with zero attached hydrogens (tertiary/aromatic N) is 1. The van der Waals surface area contributed by atoms with E-state index in [4.69, 9.17) is 4.74 Å². The molecule has 1 aliphatic heterocycles. The molecular formula is C14H21BrN2O. The molecule has 18 heavy (non-hydrogen) atoms. The van der Waals surface area contributed by atoms with E-state index in [2.05, 4.69) is 64.4 Å². The van der Waals surface area contributed by atoms with E-state index in [-0.39, 0.29) is 0 Å². The zero-order chi connectivity index (χ0) is 13.0. The minimum Gasteiger partial charge on any atom is -0.374 e. The molecule has 1 aliphatic rings. The second-order valence-electron chi connectivity index (χ2n) is 4.94. The summed E-state index contributed by atoms with van der Waals surface area (Å²) in [6.07, 6.45) is 0.304. The molecule has 1 aromatic rings. The van der Waals surface area contributed by atoms with Crippen LogP contribution in [-0.4, -0.2) is 44.3 Å². The van der Waals surface area contributed by atoms with Crippen LogP contribution in [0.5, 0.6) is 0 Å². The highest BCUT2D eigenvalue weighted by Gasteiger charge is 2.18. The zero-order valence-corrected chi connectivity index (χ0v) is 12.6. The second-order valence-corrected chi connectivity index (χ2v) is 5.86. The molecule has 0 aliphatic carbocycles. The SMILES string of the molecule is CC(NCC1CN(C)CCO1)c1cccc(Br)c1. The van der Waals surface area contributed by atoms with Crippen molar-refractivity contribution in [1.29, 1.82) is 0 Å². The van der Waals surface area contributed by atoms with Gasteiger partial charge in [-0.25, -0.2) is 0 Å². The Morgan fingerprint density at radius 2 is 2.39 bits per heavy atom. The summed E-state index contributed by atoms with van der Waals surface area (Å²) in [5, 5.41) is 3.54. The Morgan fingerprint density at radius 3 is 3.11 bits per heavy atom. The molecule has 0 aromatic heterocycles. The summed E-state index contributed by atoms with van der Waals surface area (Å²) in [5.74, 6) is 0. The number of hydrogen-bond donors (Lipinski definition) is 1. The van der Waals surface area contributed by atoms with Crippen molar-refractivity contribution >= 4 is 15.9 Å². The van der Waals surface area contributed by atoms with E-state index >= 15 is 0 Å². The van der Waals surface area contributed by atoms with Crippen molar-refractivity contribution in [2.24, 2.45) is 0 Å². The Hall–Kier alpha value is -0.420. The average molecular weight is 313 g/mol. The first-order valence-corrected chi connectivity index (χ1v) is 7.23. The maximum Gasteiger partial charge on any atom is 0.0826 e. The molecule has 1 heterocycles. The van der Waals surface area contributed by atoms with Crippen LogP contribution in [0.1, 0.15) is 18.5 Å². The molecule has 0 radical (unpaired) electrons. The summed E-state index contributed by atoms with van der Waals surface area (Å²) in [4.78, 5) is 2.32. The zero-order valence-electron chi connectivity index (χ0n) is 11.0. The highest BCUT2D eigenvalue weighted by Crippen LogP contribution is 2.18. The predicted octanol–water partition coefficient (Wildman–Crippen LogP) is 2.43. The van der Waals surface area contributed by atoms with Crippen molar-refractivity contribution in [3.63, 3.8) is 0 Å². The van der Waals surface area contributed by atoms with Crippen molar-refractivity contribution in [2.75, 3.05) is 33.3 Å². The van der Waals surface area contributed by atoms with Gasteiger partial charge in [0, 0.05) is 30.1 Å². The molecule has 0 saturated carbocycles. The number of hydrogen-bond acceptors (Lipinski definition) is 3. The topological polar surface area (TPSA) is 24.5 Å². The van der Waals surface area contributed by atoms with Gasteiger partial charge in [0.2, 0.25) is 0 Å². The molecule has 4 heteroatoms. The van der Waals surface area contributed by atoms with Gasteiger partial charge in [-0.05, 0) is 31.7 Å². The summed E-state index contributed by atoms with van der Waals surface area (Å²) in [7, 11) is 2.15. The number of ether oxygens (including phenoxy) is 1. The lowest BCUT2D eigenvalue weighted by atomic mass is 10.1. The van der Waals surface area contributed by atoms with Crippen LogP contribution in [0.15, 0.2) is 28.7 Å². The van der Waals surface area contributed by atoms with E-state index in [0.717, 1.165) is 30.7 Å². The third kappa shape index (κ3) is 4.05. The van der Waals surface area contributed by atoms with Crippen molar-refractivity contribution in [1.82, 2.24) is 10.2 Å². The monoisotopic (exact) mass is 312 g/mol. The van der Waals surface area contributed by atoms with Crippen molar-refractivity contribution in [3.05, 3.63) is 34.3 Å². The van der Waals surface area contributed by atoms with Crippen LogP contribution < -0.4 is 5.32 Å². The van der Waals surface area contributed by atoms with Gasteiger partial charge in [-0.2, -0.15) is 0 Å². The van der Waals surface area contributed by atoms with Gasteiger partial charge in [0.1, 0.15) is 0 Å². The number of morpholine rings is 1. The molecule has 100 valence electrons. The van der Waals surface area contributed by atoms with E-state index in [1.165, 1.54) is 5.56 Å². The number of nitrogens with one attached hydrogen (secondary N) is 1. The lowest BCUT2D eigenvalue weighted by Crippen LogP contribution is -2.45. The third-order valence-electron chi connectivity index (χ3n) is 3.34. The molecule has 2 atom stereocenters. The van der Waals surface area contributed by atoms with Crippen LogP contribution in [0.25, 0.3) is 0 Å². The van der Waals surface area contributed by atoms with Crippen LogP contribution in [0, 0.1) is 0 Å². The summed E-state index contributed by atoms with van der Waals surface area (Å²) in [6.45, 7) is 5.98. The van der Waals surface area contributed by atoms with Gasteiger partial charge < -0.3 is 15.0 Å². The summed E-state index contributed by atoms with van der Waals surface area (Å²) in [5.41, 5.74) is 1.30. The fraction of sp³-hybridized carbons (Fsp3) is 0.571. The summed E-state index contributed by atoms with van der Waals surface area (Å²) >= 11 is 3.51. The highest BCUT2D eigenvalue weighted by atomic mass is 79.9. The Bertz CT molecular complexity index is 386. The summed E-state index contributed by atoms with van der Waals surface area (Å²) < 4.78 is 6.87. The van der Waals surface area contributed by atoms with Crippen molar-refractivity contribution in [3.8, 4) is 0 Å². The molecular weight excluding hydrogens is 292 g/mol. The lowest BCUT2D eigenvalue weighted by molar-refractivity contribution is -0.0190. The average Bonchev–Trinajstić information content (AvgIpc) is 2.36. The van der Waals surface area contributed by atoms with Gasteiger partial charge >= 0.3 is 0 Å². The number of likely N-dealkylation sites (N-methyl/N-ethyl adjacent to an activating group) is 1. The Labute approximate surface area is 118 Å². The standard InChI is InChI=1S/C14H21BrN2O/c1-11(12-4-3-5-13(15)8-12)16-9-14-10-17(2)6-7-18-14/h3-5,8,11,14,16H,6-7,9-10H2,1-2H3. The summed E-state index contributed by atoms with van der Waals surface area (Å²) in [6, 6.07) is 8.78. The molecule has 0 spiro atoms. The first-order valence-electron chi connectivity index (χ1n) is 6.44. The quantitative estimate of drug-likeness (QED) is 0.924. The lowest BCUT2D eigenvalue weighted by Gasteiger charge is -2.31. The van der Waals surface area contributed by atoms with Crippen LogP contribution in [-0.2, 0) is 4.74 Å². The molecule has 1 saturated heterocycles. The second kappa shape index (κ2) is 6.66. The largest absolute Gasteiger partial charge is 0.374 e. The van der Waals surface area contributed by atoms with Crippen LogP contribution in [0.3, 0.4) is 0 Å². The number of benzene rings is 1. The van der Waals surface area contributed by atoms with Gasteiger partial charge in [-0.3, -0.25) is 0 Å². The highest BCUT2D eigenvalue weighted by molar-refractivity contribution is 9.10. The van der Waals surface area contributed by atoms with Crippen LogP contribution >= 0.6 is 15.9 Å². The van der Waals surface area contributed by atoms with Gasteiger partial charge in [0.05, 0.1) is 12.7 Å². The molecule has 1 N–H and O–H groups in total. The molecule has 3 nitrogen and oxygen atoms in total. The fourth-order valence-electron chi connectivity index (χ4n) is 2.19. The first-order chi connectivity index (χ1) is 8.65. The maximum atomic E-state index is 5.74. The molecule has 2 rings (SSSR count).